The first-order valence-electron chi connectivity index (χ1n) is 6.88. The molecule has 0 aliphatic heterocycles. The molecule has 0 spiro atoms. The van der Waals surface area contributed by atoms with Gasteiger partial charge in [-0.2, -0.15) is 0 Å². The Balaban J connectivity index is 2.28. The Morgan fingerprint density at radius 1 is 1.22 bits per heavy atom. The minimum atomic E-state index is 0.214. The molecule has 1 unspecified atom stereocenters. The highest BCUT2D eigenvalue weighted by Crippen LogP contribution is 2.12. The maximum Gasteiger partial charge on any atom is 0.232 e. The summed E-state index contributed by atoms with van der Waals surface area (Å²) >= 11 is 0. The number of rotatable bonds is 9. The Hall–Kier alpha value is -1.16. The Morgan fingerprint density at radius 2 is 2.06 bits per heavy atom. The number of nitrogens with one attached hydrogen (secondary N) is 1. The largest absolute Gasteiger partial charge is 0.474 e. The molecule has 0 saturated heterocycles. The zero-order chi connectivity index (χ0) is 13.2. The van der Waals surface area contributed by atoms with E-state index in [-0.39, 0.29) is 6.10 Å². The molecule has 1 aromatic rings. The Morgan fingerprint density at radius 3 is 2.67 bits per heavy atom. The van der Waals surface area contributed by atoms with Gasteiger partial charge in [0.05, 0.1) is 24.2 Å². The molecule has 1 rings (SSSR count). The number of hydrogen-bond acceptors (Lipinski definition) is 4. The van der Waals surface area contributed by atoms with Gasteiger partial charge in [0.2, 0.25) is 5.88 Å². The van der Waals surface area contributed by atoms with Crippen molar-refractivity contribution in [2.75, 3.05) is 7.05 Å². The van der Waals surface area contributed by atoms with Gasteiger partial charge in [-0.15, -0.1) is 0 Å². The van der Waals surface area contributed by atoms with Crippen LogP contribution in [-0.2, 0) is 6.54 Å². The van der Waals surface area contributed by atoms with E-state index in [4.69, 9.17) is 4.74 Å². The van der Waals surface area contributed by atoms with Gasteiger partial charge in [0.15, 0.2) is 0 Å². The summed E-state index contributed by atoms with van der Waals surface area (Å²) in [5, 5.41) is 3.04. The van der Waals surface area contributed by atoms with Crippen LogP contribution in [0.1, 0.15) is 51.6 Å². The average Bonchev–Trinajstić information content (AvgIpc) is 2.37. The van der Waals surface area contributed by atoms with Crippen LogP contribution in [0.25, 0.3) is 0 Å². The highest BCUT2D eigenvalue weighted by Gasteiger charge is 2.05. The third-order valence-corrected chi connectivity index (χ3v) is 2.83. The quantitative estimate of drug-likeness (QED) is 0.685. The number of nitrogens with zero attached hydrogens (tertiary/aromatic N) is 2. The third kappa shape index (κ3) is 5.96. The van der Waals surface area contributed by atoms with Crippen LogP contribution in [0.2, 0.25) is 0 Å². The summed E-state index contributed by atoms with van der Waals surface area (Å²) in [7, 11) is 1.89. The molecule has 0 saturated carbocycles. The van der Waals surface area contributed by atoms with E-state index in [0.717, 1.165) is 18.7 Å². The standard InChI is InChI=1S/C14H25N3O/c1-4-5-6-7-8-12(2)18-14-11-16-13(9-15-3)10-17-14/h10-12,15H,4-9H2,1-3H3. The number of aromatic nitrogens is 2. The van der Waals surface area contributed by atoms with Gasteiger partial charge in [0.25, 0.3) is 0 Å². The van der Waals surface area contributed by atoms with Crippen molar-refractivity contribution < 1.29 is 4.74 Å². The molecule has 102 valence electrons. The molecule has 0 radical (unpaired) electrons. The van der Waals surface area contributed by atoms with Gasteiger partial charge in [-0.25, -0.2) is 4.98 Å². The SMILES string of the molecule is CCCCCCC(C)Oc1cnc(CNC)cn1. The third-order valence-electron chi connectivity index (χ3n) is 2.83. The first-order valence-corrected chi connectivity index (χ1v) is 6.88. The van der Waals surface area contributed by atoms with Crippen molar-refractivity contribution in [2.45, 2.75) is 58.6 Å². The molecule has 0 aliphatic carbocycles. The lowest BCUT2D eigenvalue weighted by Crippen LogP contribution is -2.13. The summed E-state index contributed by atoms with van der Waals surface area (Å²) < 4.78 is 5.73. The second-order valence-electron chi connectivity index (χ2n) is 4.65. The van der Waals surface area contributed by atoms with Crippen molar-refractivity contribution in [1.29, 1.82) is 0 Å². The maximum atomic E-state index is 5.73. The van der Waals surface area contributed by atoms with Gasteiger partial charge in [0, 0.05) is 6.54 Å². The summed E-state index contributed by atoms with van der Waals surface area (Å²) in [4.78, 5) is 8.54. The van der Waals surface area contributed by atoms with Crippen LogP contribution < -0.4 is 10.1 Å². The van der Waals surface area contributed by atoms with Gasteiger partial charge in [-0.3, -0.25) is 4.98 Å². The van der Waals surface area contributed by atoms with E-state index >= 15 is 0 Å². The summed E-state index contributed by atoms with van der Waals surface area (Å²) in [6, 6.07) is 0. The number of ether oxygens (including phenoxy) is 1. The molecular weight excluding hydrogens is 226 g/mol. The Labute approximate surface area is 110 Å². The molecule has 18 heavy (non-hydrogen) atoms. The molecule has 4 nitrogen and oxygen atoms in total. The lowest BCUT2D eigenvalue weighted by molar-refractivity contribution is 0.197. The van der Waals surface area contributed by atoms with Gasteiger partial charge in [0.1, 0.15) is 0 Å². The minimum absolute atomic E-state index is 0.214. The van der Waals surface area contributed by atoms with E-state index in [1.807, 2.05) is 7.05 Å². The first kappa shape index (κ1) is 14.9. The van der Waals surface area contributed by atoms with Crippen molar-refractivity contribution in [3.63, 3.8) is 0 Å². The van der Waals surface area contributed by atoms with Crippen molar-refractivity contribution in [1.82, 2.24) is 15.3 Å². The van der Waals surface area contributed by atoms with Crippen LogP contribution in [0.4, 0.5) is 0 Å². The Kier molecular flexibility index (Phi) is 7.34. The molecule has 0 fully saturated rings. The summed E-state index contributed by atoms with van der Waals surface area (Å²) in [6.07, 6.45) is 9.85. The smallest absolute Gasteiger partial charge is 0.232 e. The van der Waals surface area contributed by atoms with E-state index < -0.39 is 0 Å². The fourth-order valence-corrected chi connectivity index (χ4v) is 1.80. The predicted molar refractivity (Wildman–Crippen MR) is 73.6 cm³/mol. The highest BCUT2D eigenvalue weighted by atomic mass is 16.5. The second kappa shape index (κ2) is 8.86. The van der Waals surface area contributed by atoms with Crippen molar-refractivity contribution >= 4 is 0 Å². The fraction of sp³-hybridized carbons (Fsp3) is 0.714. The molecule has 1 heterocycles. The summed E-state index contributed by atoms with van der Waals surface area (Å²) in [6.45, 7) is 5.05. The first-order chi connectivity index (χ1) is 8.76. The molecule has 1 aromatic heterocycles. The van der Waals surface area contributed by atoms with Crippen LogP contribution >= 0.6 is 0 Å². The van der Waals surface area contributed by atoms with Crippen molar-refractivity contribution in [3.8, 4) is 5.88 Å². The van der Waals surface area contributed by atoms with Crippen LogP contribution in [0.15, 0.2) is 12.4 Å². The van der Waals surface area contributed by atoms with E-state index in [1.54, 1.807) is 12.4 Å². The molecular formula is C14H25N3O. The molecule has 4 heteroatoms. The van der Waals surface area contributed by atoms with Crippen molar-refractivity contribution in [3.05, 3.63) is 18.1 Å². The van der Waals surface area contributed by atoms with E-state index in [0.29, 0.717) is 5.88 Å². The zero-order valence-corrected chi connectivity index (χ0v) is 11.8. The fourth-order valence-electron chi connectivity index (χ4n) is 1.80. The van der Waals surface area contributed by atoms with Crippen LogP contribution in [-0.4, -0.2) is 23.1 Å². The monoisotopic (exact) mass is 251 g/mol. The number of hydrogen-bond donors (Lipinski definition) is 1. The molecule has 0 aromatic carbocycles. The van der Waals surface area contributed by atoms with Crippen LogP contribution in [0.5, 0.6) is 5.88 Å². The highest BCUT2D eigenvalue weighted by molar-refractivity contribution is 5.07. The van der Waals surface area contributed by atoms with E-state index in [1.165, 1.54) is 25.7 Å². The molecule has 0 amide bonds. The molecule has 0 bridgehead atoms. The van der Waals surface area contributed by atoms with Crippen molar-refractivity contribution in [2.24, 2.45) is 0 Å². The second-order valence-corrected chi connectivity index (χ2v) is 4.65. The zero-order valence-electron chi connectivity index (χ0n) is 11.8. The van der Waals surface area contributed by atoms with Crippen LogP contribution in [0.3, 0.4) is 0 Å². The predicted octanol–water partition coefficient (Wildman–Crippen LogP) is 2.93. The van der Waals surface area contributed by atoms with E-state index in [2.05, 4.69) is 29.1 Å². The van der Waals surface area contributed by atoms with Gasteiger partial charge in [-0.05, 0) is 26.8 Å². The van der Waals surface area contributed by atoms with Gasteiger partial charge >= 0.3 is 0 Å². The van der Waals surface area contributed by atoms with Gasteiger partial charge in [-0.1, -0.05) is 26.2 Å². The topological polar surface area (TPSA) is 47.0 Å². The van der Waals surface area contributed by atoms with E-state index in [9.17, 15) is 0 Å². The lowest BCUT2D eigenvalue weighted by atomic mass is 10.1. The molecule has 1 N–H and O–H groups in total. The minimum Gasteiger partial charge on any atom is -0.474 e. The van der Waals surface area contributed by atoms with Crippen LogP contribution in [0, 0.1) is 0 Å². The molecule has 1 atom stereocenters. The number of unbranched alkanes of at least 4 members (excludes halogenated alkanes) is 3. The molecule has 0 aliphatic rings. The Bertz CT molecular complexity index is 313. The van der Waals surface area contributed by atoms with Gasteiger partial charge < -0.3 is 10.1 Å². The summed E-state index contributed by atoms with van der Waals surface area (Å²) in [5.74, 6) is 0.623. The normalized spacial score (nSPS) is 12.4. The lowest BCUT2D eigenvalue weighted by Gasteiger charge is -2.13. The average molecular weight is 251 g/mol. The summed E-state index contributed by atoms with van der Waals surface area (Å²) in [5.41, 5.74) is 0.931. The maximum absolute atomic E-state index is 5.73.